The second-order valence-corrected chi connectivity index (χ2v) is 9.22. The molecule has 3 N–H and O–H groups in total. The van der Waals surface area contributed by atoms with Crippen molar-refractivity contribution >= 4 is 17.4 Å². The average molecular weight is 535 g/mol. The molecular weight excluding hydrogens is 503 g/mol. The smallest absolute Gasteiger partial charge is 0 e. The molecule has 5 nitrogen and oxygen atoms in total. The van der Waals surface area contributed by atoms with Crippen molar-refractivity contribution in [2.75, 3.05) is 20.0 Å². The Balaban J connectivity index is -0.0000000708. The van der Waals surface area contributed by atoms with Crippen molar-refractivity contribution in [2.45, 2.75) is 34.6 Å². The van der Waals surface area contributed by atoms with Crippen LogP contribution in [0.25, 0.3) is 0 Å². The van der Waals surface area contributed by atoms with E-state index in [1.807, 2.05) is 0 Å². The molecule has 0 bridgehead atoms. The minimum atomic E-state index is -2.88. The molecule has 0 saturated heterocycles. The van der Waals surface area contributed by atoms with Crippen molar-refractivity contribution in [1.82, 2.24) is 0 Å². The van der Waals surface area contributed by atoms with Crippen molar-refractivity contribution in [3.8, 4) is 0 Å². The van der Waals surface area contributed by atoms with E-state index in [1.165, 1.54) is 0 Å². The third kappa shape index (κ3) is 22.7. The first-order chi connectivity index (χ1) is 10.0. The molecule has 23 heavy (non-hydrogen) atoms. The van der Waals surface area contributed by atoms with Gasteiger partial charge in [0.1, 0.15) is 0 Å². The maximum atomic E-state index is 7.50. The summed E-state index contributed by atoms with van der Waals surface area (Å²) in [5.74, 6) is 4.68. The van der Waals surface area contributed by atoms with Crippen LogP contribution >= 0.6 is 7.92 Å². The van der Waals surface area contributed by atoms with E-state index < -0.39 is 9.53 Å². The van der Waals surface area contributed by atoms with Crippen LogP contribution in [0.3, 0.4) is 0 Å². The van der Waals surface area contributed by atoms with Crippen LogP contribution < -0.4 is 0 Å². The number of hydrogen-bond acceptors (Lipinski definition) is 3. The van der Waals surface area contributed by atoms with Crippen LogP contribution in [0.4, 0.5) is 0 Å². The molecule has 1 fully saturated rings. The van der Waals surface area contributed by atoms with Gasteiger partial charge >= 0.3 is 32.1 Å². The predicted molar refractivity (Wildman–Crippen MR) is 90.8 cm³/mol. The van der Waals surface area contributed by atoms with Crippen LogP contribution in [-0.4, -0.2) is 43.9 Å². The SMILES string of the molecule is CC1C(C)C(C)C(C)C1C.CP(C)C.O[Si](O)O.[C-]#[O+].[C-]#[O+].[W]. The molecule has 0 aromatic rings. The van der Waals surface area contributed by atoms with E-state index in [4.69, 9.17) is 23.7 Å². The monoisotopic (exact) mass is 535 g/mol. The Hall–Kier alpha value is 0.695. The third-order valence-electron chi connectivity index (χ3n) is 4.15. The summed E-state index contributed by atoms with van der Waals surface area (Å²) in [6, 6.07) is 0. The standard InChI is InChI=1S/C10H20.C3H9P.2CO.H3O3Si.W/c1-6-7(2)9(4)10(5)8(6)3;1-4(2)3;2*1-2;1-4(2)3;/h6-10H,1-5H3;1-3H3;;;1-3H;. The van der Waals surface area contributed by atoms with Crippen LogP contribution in [0, 0.1) is 42.9 Å². The zero-order valence-corrected chi connectivity index (χ0v) is 20.2. The summed E-state index contributed by atoms with van der Waals surface area (Å²) in [5, 5.41) is 0. The van der Waals surface area contributed by atoms with E-state index in [-0.39, 0.29) is 21.1 Å². The summed E-state index contributed by atoms with van der Waals surface area (Å²) < 4.78 is 15.0. The first kappa shape index (κ1) is 34.9. The fourth-order valence-electron chi connectivity index (χ4n) is 2.39. The van der Waals surface area contributed by atoms with Gasteiger partial charge in [0.2, 0.25) is 0 Å². The fraction of sp³-hybridized carbons (Fsp3) is 0.867. The maximum absolute atomic E-state index is 7.50. The minimum Gasteiger partial charge on any atom is 0 e. The Morgan fingerprint density at radius 3 is 0.739 bits per heavy atom. The predicted octanol–water partition coefficient (Wildman–Crippen LogP) is 2.41. The molecule has 0 heterocycles. The quantitative estimate of drug-likeness (QED) is 0.192. The van der Waals surface area contributed by atoms with Gasteiger partial charge in [-0.05, 0) is 49.6 Å². The molecule has 1 aliphatic rings. The third-order valence-corrected chi connectivity index (χ3v) is 4.15. The molecule has 1 aliphatic carbocycles. The topological polar surface area (TPSA) is 100 Å². The molecule has 1 rings (SSSR count). The van der Waals surface area contributed by atoms with Crippen LogP contribution in [0.2, 0.25) is 0 Å². The minimum absolute atomic E-state index is 0. The van der Waals surface area contributed by atoms with Crippen molar-refractivity contribution in [3.63, 3.8) is 0 Å². The molecule has 8 heteroatoms. The Kier molecular flexibility index (Phi) is 34.5. The molecule has 0 spiro atoms. The first-order valence-corrected chi connectivity index (χ1v) is 11.0. The second kappa shape index (κ2) is 22.7. The Bertz CT molecular complexity index is 215. The average Bonchev–Trinajstić information content (AvgIpc) is 2.60. The number of rotatable bonds is 0. The summed E-state index contributed by atoms with van der Waals surface area (Å²) >= 11 is 0. The van der Waals surface area contributed by atoms with E-state index in [1.54, 1.807) is 0 Å². The molecule has 0 unspecified atom stereocenters. The van der Waals surface area contributed by atoms with Gasteiger partial charge in [0, 0.05) is 21.1 Å². The van der Waals surface area contributed by atoms with E-state index >= 15 is 0 Å². The van der Waals surface area contributed by atoms with Gasteiger partial charge in [-0.3, -0.25) is 0 Å². The Morgan fingerprint density at radius 2 is 0.696 bits per heavy atom. The van der Waals surface area contributed by atoms with Crippen LogP contribution in [0.15, 0.2) is 0 Å². The zero-order valence-electron chi connectivity index (χ0n) is 15.4. The summed E-state index contributed by atoms with van der Waals surface area (Å²) in [6.07, 6.45) is 0. The van der Waals surface area contributed by atoms with Gasteiger partial charge in [-0.2, -0.15) is 0 Å². The summed E-state index contributed by atoms with van der Waals surface area (Å²) in [5.41, 5.74) is 0. The van der Waals surface area contributed by atoms with E-state index in [0.29, 0.717) is 7.92 Å². The zero-order chi connectivity index (χ0) is 19.0. The molecule has 0 aliphatic heterocycles. The maximum Gasteiger partial charge on any atom is 0 e. The van der Waals surface area contributed by atoms with Crippen molar-refractivity contribution in [2.24, 2.45) is 29.6 Å². The molecule has 1 saturated carbocycles. The molecule has 1 radical (unpaired) electrons. The second-order valence-electron chi connectivity index (χ2n) is 5.94. The van der Waals surface area contributed by atoms with Crippen molar-refractivity contribution in [3.05, 3.63) is 13.3 Å². The molecule has 137 valence electrons. The number of hydrogen-bond donors (Lipinski definition) is 3. The van der Waals surface area contributed by atoms with Gasteiger partial charge in [0.15, 0.2) is 0 Å². The Morgan fingerprint density at radius 1 is 0.652 bits per heavy atom. The van der Waals surface area contributed by atoms with Crippen LogP contribution in [0.5, 0.6) is 0 Å². The molecule has 0 aromatic heterocycles. The fourth-order valence-corrected chi connectivity index (χ4v) is 2.39. The van der Waals surface area contributed by atoms with Gasteiger partial charge in [-0.1, -0.05) is 34.6 Å². The van der Waals surface area contributed by atoms with E-state index in [2.05, 4.69) is 67.9 Å². The normalized spacial score (nSPS) is 27.4. The largest absolute Gasteiger partial charge is 0 e. The van der Waals surface area contributed by atoms with Crippen molar-refractivity contribution in [1.29, 1.82) is 0 Å². The first-order valence-electron chi connectivity index (χ1n) is 6.97. The van der Waals surface area contributed by atoms with Crippen LogP contribution in [0.1, 0.15) is 34.6 Å². The van der Waals surface area contributed by atoms with Gasteiger partial charge in [-0.25, -0.2) is 0 Å². The van der Waals surface area contributed by atoms with Gasteiger partial charge in [-0.15, -0.1) is 7.92 Å². The molecule has 0 amide bonds. The van der Waals surface area contributed by atoms with Gasteiger partial charge in [0.25, 0.3) is 0 Å². The summed E-state index contributed by atoms with van der Waals surface area (Å²) in [4.78, 5) is 21.8. The summed E-state index contributed by atoms with van der Waals surface area (Å²) in [7, 11) is -2.50. The molecule has 0 aromatic carbocycles. The molecular formula is C15H32O5PSiW. The summed E-state index contributed by atoms with van der Waals surface area (Å²) in [6.45, 7) is 27.7. The van der Waals surface area contributed by atoms with Crippen LogP contribution in [-0.2, 0) is 30.4 Å². The van der Waals surface area contributed by atoms with Crippen molar-refractivity contribution < 1.29 is 44.8 Å². The van der Waals surface area contributed by atoms with Gasteiger partial charge < -0.3 is 14.4 Å². The van der Waals surface area contributed by atoms with E-state index in [0.717, 1.165) is 29.6 Å². The van der Waals surface area contributed by atoms with Gasteiger partial charge in [0.05, 0.1) is 0 Å². The van der Waals surface area contributed by atoms with E-state index in [9.17, 15) is 0 Å². The Labute approximate surface area is 159 Å². The molecule has 0 atom stereocenters.